The second-order valence-corrected chi connectivity index (χ2v) is 6.03. The highest BCUT2D eigenvalue weighted by molar-refractivity contribution is 5.93. The molecule has 4 amide bonds. The summed E-state index contributed by atoms with van der Waals surface area (Å²) in [6.07, 6.45) is 0.551. The number of rotatable bonds is 14. The van der Waals surface area contributed by atoms with Gasteiger partial charge in [-0.2, -0.15) is 0 Å². The first-order valence-corrected chi connectivity index (χ1v) is 8.44. The summed E-state index contributed by atoms with van der Waals surface area (Å²) in [5.74, 6) is -4.44. The molecule has 0 saturated carbocycles. The van der Waals surface area contributed by atoms with Gasteiger partial charge in [-0.25, -0.2) is 4.79 Å². The lowest BCUT2D eigenvalue weighted by molar-refractivity contribution is -0.143. The minimum Gasteiger partial charge on any atom is -0.480 e. The van der Waals surface area contributed by atoms with Gasteiger partial charge in [0, 0.05) is 6.42 Å². The highest BCUT2D eigenvalue weighted by Gasteiger charge is 2.28. The molecule has 0 aromatic heterocycles. The highest BCUT2D eigenvalue weighted by atomic mass is 16.4. The average Bonchev–Trinajstić information content (AvgIpc) is 2.57. The van der Waals surface area contributed by atoms with Crippen LogP contribution in [-0.2, 0) is 24.0 Å². The fraction of sp³-hybridized carbons (Fsp3) is 0.667. The fourth-order valence-electron chi connectivity index (χ4n) is 2.14. The van der Waals surface area contributed by atoms with Gasteiger partial charge >= 0.3 is 5.97 Å². The Morgan fingerprint density at radius 1 is 0.852 bits per heavy atom. The van der Waals surface area contributed by atoms with Crippen LogP contribution in [0.2, 0.25) is 0 Å². The Bertz CT molecular complexity index is 555. The number of amides is 4. The van der Waals surface area contributed by atoms with Gasteiger partial charge in [-0.15, -0.1) is 0 Å². The van der Waals surface area contributed by atoms with Gasteiger partial charge in [0.25, 0.3) is 0 Å². The van der Waals surface area contributed by atoms with Crippen molar-refractivity contribution >= 4 is 29.6 Å². The van der Waals surface area contributed by atoms with E-state index in [1.807, 2.05) is 0 Å². The van der Waals surface area contributed by atoms with Gasteiger partial charge in [-0.05, 0) is 32.2 Å². The molecule has 0 aliphatic heterocycles. The fourth-order valence-corrected chi connectivity index (χ4v) is 2.14. The Morgan fingerprint density at radius 2 is 1.44 bits per heavy atom. The van der Waals surface area contributed by atoms with E-state index >= 15 is 0 Å². The van der Waals surface area contributed by atoms with Gasteiger partial charge in [0.2, 0.25) is 23.6 Å². The largest absolute Gasteiger partial charge is 0.480 e. The average molecular weight is 388 g/mol. The Labute approximate surface area is 156 Å². The van der Waals surface area contributed by atoms with Crippen LogP contribution in [0, 0.1) is 0 Å². The molecule has 0 aromatic rings. The molecule has 11 N–H and O–H groups in total. The Balaban J connectivity index is 5.01. The van der Waals surface area contributed by atoms with Crippen LogP contribution in [0.1, 0.15) is 38.5 Å². The molecule has 0 spiro atoms. The zero-order chi connectivity index (χ0) is 21.0. The van der Waals surface area contributed by atoms with E-state index < -0.39 is 54.1 Å². The molecule has 0 aliphatic rings. The summed E-state index contributed by atoms with van der Waals surface area (Å²) in [5, 5.41) is 13.7. The third kappa shape index (κ3) is 10.8. The van der Waals surface area contributed by atoms with Gasteiger partial charge in [0.05, 0.1) is 12.5 Å². The van der Waals surface area contributed by atoms with Gasteiger partial charge in [0.15, 0.2) is 0 Å². The van der Waals surface area contributed by atoms with Crippen LogP contribution in [-0.4, -0.2) is 59.4 Å². The van der Waals surface area contributed by atoms with E-state index in [9.17, 15) is 24.0 Å². The molecule has 12 heteroatoms. The van der Waals surface area contributed by atoms with Crippen LogP contribution in [0.15, 0.2) is 0 Å². The number of hydrogen-bond donors (Lipinski definition) is 7. The molecular weight excluding hydrogens is 360 g/mol. The van der Waals surface area contributed by atoms with E-state index in [0.29, 0.717) is 19.4 Å². The predicted octanol–water partition coefficient (Wildman–Crippen LogP) is -3.36. The van der Waals surface area contributed by atoms with Crippen molar-refractivity contribution in [2.45, 2.75) is 56.7 Å². The normalized spacial score (nSPS) is 13.9. The van der Waals surface area contributed by atoms with E-state index in [4.69, 9.17) is 28.0 Å². The van der Waals surface area contributed by atoms with Crippen molar-refractivity contribution in [3.05, 3.63) is 0 Å². The number of carboxylic acid groups (broad SMARTS) is 1. The Morgan fingerprint density at radius 3 is 1.93 bits per heavy atom. The summed E-state index contributed by atoms with van der Waals surface area (Å²) in [5.41, 5.74) is 21.0. The zero-order valence-corrected chi connectivity index (χ0v) is 15.0. The summed E-state index contributed by atoms with van der Waals surface area (Å²) < 4.78 is 0. The number of primary amides is 2. The molecule has 3 unspecified atom stereocenters. The van der Waals surface area contributed by atoms with E-state index in [-0.39, 0.29) is 19.3 Å². The van der Waals surface area contributed by atoms with Crippen molar-refractivity contribution in [3.63, 3.8) is 0 Å². The maximum absolute atomic E-state index is 12.4. The van der Waals surface area contributed by atoms with E-state index in [2.05, 4.69) is 10.6 Å². The number of hydrogen-bond acceptors (Lipinski definition) is 7. The van der Waals surface area contributed by atoms with E-state index in [0.717, 1.165) is 0 Å². The number of unbranched alkanes of at least 4 members (excludes halogenated alkanes) is 1. The molecular formula is C15H28N6O6. The van der Waals surface area contributed by atoms with Gasteiger partial charge in [-0.3, -0.25) is 19.2 Å². The number of carbonyl (C=O) groups is 5. The standard InChI is InChI=1S/C15H28N6O6/c16-6-2-1-3-9(20-13(24)8(17)4-5-11(18)22)14(25)21-10(15(26)27)7-12(19)23/h8-10H,1-7,16-17H2,(H2,18,22)(H2,19,23)(H,20,24)(H,21,25)(H,26,27). The van der Waals surface area contributed by atoms with Gasteiger partial charge in [0.1, 0.15) is 12.1 Å². The van der Waals surface area contributed by atoms with Crippen molar-refractivity contribution in [1.29, 1.82) is 0 Å². The van der Waals surface area contributed by atoms with Crippen LogP contribution in [0.5, 0.6) is 0 Å². The van der Waals surface area contributed by atoms with Crippen molar-refractivity contribution in [2.24, 2.45) is 22.9 Å². The Kier molecular flexibility index (Phi) is 11.3. The lowest BCUT2D eigenvalue weighted by Crippen LogP contribution is -2.55. The maximum Gasteiger partial charge on any atom is 0.326 e. The molecule has 0 aliphatic carbocycles. The monoisotopic (exact) mass is 388 g/mol. The first-order valence-electron chi connectivity index (χ1n) is 8.44. The van der Waals surface area contributed by atoms with E-state index in [1.54, 1.807) is 0 Å². The first-order chi connectivity index (χ1) is 12.6. The molecule has 0 radical (unpaired) electrons. The number of carboxylic acids is 1. The minimum absolute atomic E-state index is 0.00225. The zero-order valence-electron chi connectivity index (χ0n) is 15.0. The van der Waals surface area contributed by atoms with Crippen LogP contribution >= 0.6 is 0 Å². The first kappa shape index (κ1) is 24.3. The summed E-state index contributed by atoms with van der Waals surface area (Å²) in [7, 11) is 0. The van der Waals surface area contributed by atoms with Crippen LogP contribution < -0.4 is 33.6 Å². The van der Waals surface area contributed by atoms with Gasteiger partial charge < -0.3 is 38.7 Å². The molecule has 27 heavy (non-hydrogen) atoms. The summed E-state index contributed by atoms with van der Waals surface area (Å²) in [6.45, 7) is 0.375. The third-order valence-corrected chi connectivity index (χ3v) is 3.64. The molecule has 0 rings (SSSR count). The minimum atomic E-state index is -1.52. The van der Waals surface area contributed by atoms with Crippen molar-refractivity contribution in [2.75, 3.05) is 6.54 Å². The number of aliphatic carboxylic acids is 1. The Hall–Kier alpha value is -2.73. The molecule has 0 aromatic carbocycles. The second-order valence-electron chi connectivity index (χ2n) is 6.03. The molecule has 154 valence electrons. The number of carbonyl (C=O) groups excluding carboxylic acids is 4. The molecule has 0 saturated heterocycles. The van der Waals surface area contributed by atoms with E-state index in [1.165, 1.54) is 0 Å². The van der Waals surface area contributed by atoms with Crippen LogP contribution in [0.3, 0.4) is 0 Å². The topological polar surface area (TPSA) is 234 Å². The van der Waals surface area contributed by atoms with Gasteiger partial charge in [-0.1, -0.05) is 0 Å². The molecule has 0 fully saturated rings. The highest BCUT2D eigenvalue weighted by Crippen LogP contribution is 2.04. The second kappa shape index (κ2) is 12.6. The van der Waals surface area contributed by atoms with Crippen molar-refractivity contribution in [1.82, 2.24) is 10.6 Å². The summed E-state index contributed by atoms with van der Waals surface area (Å²) in [6, 6.07) is -3.67. The van der Waals surface area contributed by atoms with Crippen molar-refractivity contribution < 1.29 is 29.1 Å². The number of nitrogens with two attached hydrogens (primary N) is 4. The SMILES string of the molecule is NCCCCC(NC(=O)C(N)CCC(N)=O)C(=O)NC(CC(N)=O)C(=O)O. The number of nitrogens with one attached hydrogen (secondary N) is 2. The summed E-state index contributed by atoms with van der Waals surface area (Å²) >= 11 is 0. The lowest BCUT2D eigenvalue weighted by atomic mass is 10.1. The quantitative estimate of drug-likeness (QED) is 0.148. The maximum atomic E-state index is 12.4. The molecule has 3 atom stereocenters. The lowest BCUT2D eigenvalue weighted by Gasteiger charge is -2.22. The molecule has 0 heterocycles. The van der Waals surface area contributed by atoms with Crippen molar-refractivity contribution in [3.8, 4) is 0 Å². The third-order valence-electron chi connectivity index (χ3n) is 3.64. The smallest absolute Gasteiger partial charge is 0.326 e. The predicted molar refractivity (Wildman–Crippen MR) is 94.6 cm³/mol. The van der Waals surface area contributed by atoms with Crippen LogP contribution in [0.25, 0.3) is 0 Å². The van der Waals surface area contributed by atoms with Crippen LogP contribution in [0.4, 0.5) is 0 Å². The summed E-state index contributed by atoms with van der Waals surface area (Å²) in [4.78, 5) is 57.3. The molecule has 12 nitrogen and oxygen atoms in total. The molecule has 0 bridgehead atoms.